The van der Waals surface area contributed by atoms with Crippen LogP contribution in [0, 0.1) is 18.6 Å². The maximum Gasteiger partial charge on any atom is 0.451 e. The average molecular weight is 483 g/mol. The van der Waals surface area contributed by atoms with Crippen LogP contribution in [-0.2, 0) is 11.0 Å². The maximum absolute atomic E-state index is 14.0. The van der Waals surface area contributed by atoms with Crippen molar-refractivity contribution in [2.24, 2.45) is 0 Å². The van der Waals surface area contributed by atoms with Crippen molar-refractivity contribution in [3.05, 3.63) is 59.3 Å². The standard InChI is InChI=1S/C20H18F5N7O2/c1-11-7-17(29-19(28-11)20(23,24)25)31-6-5-30(10-12(2)34-31)18(33)13-8-14(21)15(22)9-16(13)32-26-3-4-27-32/h3-4,7-9,12H,5-6,10H2,1-2H3/t12-/m0/s1. The summed E-state index contributed by atoms with van der Waals surface area (Å²) < 4.78 is 67.3. The van der Waals surface area contributed by atoms with E-state index in [-0.39, 0.29) is 42.4 Å². The minimum Gasteiger partial charge on any atom is -0.334 e. The van der Waals surface area contributed by atoms with E-state index >= 15 is 0 Å². The highest BCUT2D eigenvalue weighted by Gasteiger charge is 2.36. The minimum atomic E-state index is -4.75. The first-order valence-corrected chi connectivity index (χ1v) is 10.0. The van der Waals surface area contributed by atoms with Gasteiger partial charge in [0.1, 0.15) is 11.8 Å². The first-order valence-electron chi connectivity index (χ1n) is 10.0. The highest BCUT2D eigenvalue weighted by atomic mass is 19.4. The maximum atomic E-state index is 14.0. The zero-order valence-corrected chi connectivity index (χ0v) is 17.9. The number of aryl methyl sites for hydroxylation is 1. The summed E-state index contributed by atoms with van der Waals surface area (Å²) >= 11 is 0. The Morgan fingerprint density at radius 3 is 2.41 bits per heavy atom. The Bertz CT molecular complexity index is 1200. The number of nitrogens with zero attached hydrogens (tertiary/aromatic N) is 7. The van der Waals surface area contributed by atoms with Crippen LogP contribution in [0.1, 0.15) is 28.8 Å². The SMILES string of the molecule is Cc1cc(N2CCN(C(=O)c3cc(F)c(F)cc3-n3nccn3)C[C@H](C)O2)nc(C(F)(F)F)n1. The van der Waals surface area contributed by atoms with Crippen molar-refractivity contribution in [1.82, 2.24) is 29.9 Å². The quantitative estimate of drug-likeness (QED) is 0.530. The molecule has 0 N–H and O–H groups in total. The van der Waals surface area contributed by atoms with Crippen molar-refractivity contribution in [3.63, 3.8) is 0 Å². The summed E-state index contributed by atoms with van der Waals surface area (Å²) in [4.78, 5) is 28.3. The molecule has 1 aromatic carbocycles. The summed E-state index contributed by atoms with van der Waals surface area (Å²) in [6.45, 7) is 2.99. The monoisotopic (exact) mass is 483 g/mol. The summed E-state index contributed by atoms with van der Waals surface area (Å²) in [6.07, 6.45) is -2.78. The van der Waals surface area contributed by atoms with E-state index in [9.17, 15) is 26.7 Å². The molecule has 0 bridgehead atoms. The van der Waals surface area contributed by atoms with Crippen LogP contribution in [0.5, 0.6) is 0 Å². The van der Waals surface area contributed by atoms with E-state index in [0.29, 0.717) is 0 Å². The summed E-state index contributed by atoms with van der Waals surface area (Å²) in [5.41, 5.74) is -0.165. The molecule has 2 aromatic heterocycles. The number of benzene rings is 1. The first-order chi connectivity index (χ1) is 16.0. The first kappa shape index (κ1) is 23.5. The van der Waals surface area contributed by atoms with Gasteiger partial charge in [0.15, 0.2) is 17.5 Å². The van der Waals surface area contributed by atoms with Crippen molar-refractivity contribution in [2.75, 3.05) is 24.7 Å². The highest BCUT2D eigenvalue weighted by Crippen LogP contribution is 2.29. The van der Waals surface area contributed by atoms with E-state index in [1.807, 2.05) is 0 Å². The van der Waals surface area contributed by atoms with Gasteiger partial charge in [0, 0.05) is 30.9 Å². The lowest BCUT2D eigenvalue weighted by Gasteiger charge is -2.23. The van der Waals surface area contributed by atoms with Gasteiger partial charge in [0.25, 0.3) is 5.91 Å². The summed E-state index contributed by atoms with van der Waals surface area (Å²) in [7, 11) is 0. The highest BCUT2D eigenvalue weighted by molar-refractivity contribution is 5.97. The van der Waals surface area contributed by atoms with E-state index in [0.717, 1.165) is 22.0 Å². The fourth-order valence-corrected chi connectivity index (χ4v) is 3.46. The molecular formula is C20H18F5N7O2. The molecule has 1 atom stereocenters. The number of aromatic nitrogens is 5. The molecule has 0 spiro atoms. The van der Waals surface area contributed by atoms with E-state index in [1.54, 1.807) is 6.92 Å². The number of rotatable bonds is 3. The van der Waals surface area contributed by atoms with Crippen molar-refractivity contribution in [2.45, 2.75) is 26.1 Å². The molecule has 1 saturated heterocycles. The number of amides is 1. The zero-order valence-electron chi connectivity index (χ0n) is 17.9. The van der Waals surface area contributed by atoms with Gasteiger partial charge in [-0.2, -0.15) is 28.2 Å². The second-order valence-corrected chi connectivity index (χ2v) is 7.56. The molecule has 3 aromatic rings. The number of hydrogen-bond donors (Lipinski definition) is 0. The topological polar surface area (TPSA) is 89.3 Å². The molecule has 1 fully saturated rings. The Labute approximate surface area is 189 Å². The summed E-state index contributed by atoms with van der Waals surface area (Å²) in [6, 6.07) is 2.90. The molecule has 14 heteroatoms. The molecule has 0 aliphatic carbocycles. The van der Waals surface area contributed by atoms with Crippen molar-refractivity contribution >= 4 is 11.7 Å². The Kier molecular flexibility index (Phi) is 6.17. The van der Waals surface area contributed by atoms with Gasteiger partial charge < -0.3 is 4.90 Å². The Balaban J connectivity index is 1.62. The third-order valence-electron chi connectivity index (χ3n) is 4.90. The minimum absolute atomic E-state index is 0.00144. The molecule has 0 radical (unpaired) electrons. The van der Waals surface area contributed by atoms with Gasteiger partial charge in [-0.3, -0.25) is 9.63 Å². The largest absolute Gasteiger partial charge is 0.451 e. The lowest BCUT2D eigenvalue weighted by Crippen LogP contribution is -2.37. The van der Waals surface area contributed by atoms with E-state index in [2.05, 4.69) is 20.2 Å². The van der Waals surface area contributed by atoms with Crippen LogP contribution in [-0.4, -0.2) is 61.5 Å². The summed E-state index contributed by atoms with van der Waals surface area (Å²) in [5.74, 6) is -4.49. The molecule has 0 saturated carbocycles. The molecular weight excluding hydrogens is 465 g/mol. The molecule has 0 unspecified atom stereocenters. The van der Waals surface area contributed by atoms with Crippen LogP contribution in [0.3, 0.4) is 0 Å². The van der Waals surface area contributed by atoms with Gasteiger partial charge in [-0.25, -0.2) is 23.8 Å². The Morgan fingerprint density at radius 1 is 1.06 bits per heavy atom. The zero-order chi connectivity index (χ0) is 24.6. The van der Waals surface area contributed by atoms with Gasteiger partial charge in [-0.05, 0) is 19.9 Å². The van der Waals surface area contributed by atoms with Crippen LogP contribution < -0.4 is 5.06 Å². The molecule has 4 rings (SSSR count). The number of carbonyl (C=O) groups excluding carboxylic acids is 1. The van der Waals surface area contributed by atoms with E-state index in [1.165, 1.54) is 30.3 Å². The van der Waals surface area contributed by atoms with Crippen molar-refractivity contribution in [1.29, 1.82) is 0 Å². The predicted octanol–water partition coefficient (Wildman–Crippen LogP) is 2.95. The molecule has 9 nitrogen and oxygen atoms in total. The molecule has 1 aliphatic heterocycles. The molecule has 34 heavy (non-hydrogen) atoms. The third-order valence-corrected chi connectivity index (χ3v) is 4.90. The van der Waals surface area contributed by atoms with E-state index < -0.39 is 35.6 Å². The molecule has 3 heterocycles. The molecule has 1 aliphatic rings. The summed E-state index contributed by atoms with van der Waals surface area (Å²) in [5, 5.41) is 8.90. The number of carbonyl (C=O) groups is 1. The smallest absolute Gasteiger partial charge is 0.334 e. The lowest BCUT2D eigenvalue weighted by molar-refractivity contribution is -0.145. The second-order valence-electron chi connectivity index (χ2n) is 7.56. The van der Waals surface area contributed by atoms with Gasteiger partial charge in [0.2, 0.25) is 5.82 Å². The Morgan fingerprint density at radius 2 is 1.74 bits per heavy atom. The number of halogens is 5. The predicted molar refractivity (Wildman–Crippen MR) is 107 cm³/mol. The number of anilines is 1. The third kappa shape index (κ3) is 4.81. The fraction of sp³-hybridized carbons (Fsp3) is 0.350. The van der Waals surface area contributed by atoms with Crippen molar-refractivity contribution < 1.29 is 31.6 Å². The number of hydroxylamine groups is 1. The van der Waals surface area contributed by atoms with Gasteiger partial charge in [0.05, 0.1) is 24.5 Å². The normalized spacial score (nSPS) is 17.1. The van der Waals surface area contributed by atoms with Crippen LogP contribution in [0.4, 0.5) is 27.8 Å². The van der Waals surface area contributed by atoms with Crippen LogP contribution >= 0.6 is 0 Å². The fourth-order valence-electron chi connectivity index (χ4n) is 3.46. The molecule has 1 amide bonds. The number of hydrogen-bond acceptors (Lipinski definition) is 7. The van der Waals surface area contributed by atoms with Crippen LogP contribution in [0.2, 0.25) is 0 Å². The Hall–Kier alpha value is -3.68. The second kappa shape index (κ2) is 8.93. The average Bonchev–Trinajstić information content (AvgIpc) is 3.23. The van der Waals surface area contributed by atoms with Gasteiger partial charge in [-0.15, -0.1) is 0 Å². The number of alkyl halides is 3. The van der Waals surface area contributed by atoms with Gasteiger partial charge >= 0.3 is 6.18 Å². The van der Waals surface area contributed by atoms with Crippen LogP contribution in [0.15, 0.2) is 30.6 Å². The van der Waals surface area contributed by atoms with Gasteiger partial charge in [-0.1, -0.05) is 0 Å². The van der Waals surface area contributed by atoms with E-state index in [4.69, 9.17) is 4.84 Å². The van der Waals surface area contributed by atoms with Crippen LogP contribution in [0.25, 0.3) is 5.69 Å². The van der Waals surface area contributed by atoms with Crippen molar-refractivity contribution in [3.8, 4) is 5.69 Å². The molecule has 180 valence electrons. The lowest BCUT2D eigenvalue weighted by atomic mass is 10.1.